The van der Waals surface area contributed by atoms with Crippen LogP contribution in [0.5, 0.6) is 0 Å². The second kappa shape index (κ2) is 7.83. The highest BCUT2D eigenvalue weighted by Gasteiger charge is 2.33. The van der Waals surface area contributed by atoms with Gasteiger partial charge in [0.05, 0.1) is 8.07 Å². The first-order valence-electron chi connectivity index (χ1n) is 8.28. The molecule has 9 heteroatoms. The number of hydrogen-bond donors (Lipinski definition) is 0. The molecule has 0 N–H and O–H groups in total. The lowest BCUT2D eigenvalue weighted by atomic mass is 10.3. The molecule has 0 aliphatic carbocycles. The molecule has 0 saturated carbocycles. The van der Waals surface area contributed by atoms with E-state index in [0.717, 1.165) is 0 Å². The lowest BCUT2D eigenvalue weighted by Gasteiger charge is -2.29. The molecule has 1 aromatic carbocycles. The molecule has 0 spiro atoms. The average Bonchev–Trinajstić information content (AvgIpc) is 2.86. The van der Waals surface area contributed by atoms with Crippen molar-refractivity contribution in [2.75, 3.05) is 11.0 Å². The van der Waals surface area contributed by atoms with Crippen molar-refractivity contribution in [1.29, 1.82) is 0 Å². The van der Waals surface area contributed by atoms with Crippen molar-refractivity contribution in [3.05, 3.63) is 40.1 Å². The van der Waals surface area contributed by atoms with E-state index in [-0.39, 0.29) is 23.2 Å². The van der Waals surface area contributed by atoms with Gasteiger partial charge in [0.1, 0.15) is 17.4 Å². The number of aryl methyl sites for hydroxylation is 1. The molecule has 2 aromatic rings. The Morgan fingerprint density at radius 2 is 1.88 bits per heavy atom. The molecule has 0 aliphatic rings. The summed E-state index contributed by atoms with van der Waals surface area (Å²) in [7, 11) is -5.46. The summed E-state index contributed by atoms with van der Waals surface area (Å²) in [6.45, 7) is 11.9. The number of ether oxygens (including phenoxy) is 1. The summed E-state index contributed by atoms with van der Waals surface area (Å²) in [6.07, 6.45) is 0. The zero-order chi connectivity index (χ0) is 19.7. The Kier molecular flexibility index (Phi) is 6.37. The molecule has 0 bridgehead atoms. The SMILES string of the molecule is Cc1onc(N(COC(C)[Si](C)(C)C)S(=O)(=O)c2ccccc2Br)c1C. The van der Waals surface area contributed by atoms with Crippen molar-refractivity contribution in [2.24, 2.45) is 0 Å². The number of hydrogen-bond acceptors (Lipinski definition) is 5. The monoisotopic (exact) mass is 460 g/mol. The number of sulfonamides is 1. The minimum atomic E-state index is -3.88. The van der Waals surface area contributed by atoms with E-state index in [2.05, 4.69) is 40.7 Å². The fraction of sp³-hybridized carbons (Fsp3) is 0.471. The molecular formula is C17H25BrN2O4SSi. The summed E-state index contributed by atoms with van der Waals surface area (Å²) < 4.78 is 39.5. The van der Waals surface area contributed by atoms with E-state index in [1.807, 2.05) is 6.92 Å². The van der Waals surface area contributed by atoms with Crippen LogP contribution in [-0.2, 0) is 14.8 Å². The quantitative estimate of drug-likeness (QED) is 0.449. The second-order valence-electron chi connectivity index (χ2n) is 7.28. The third-order valence-electron chi connectivity index (χ3n) is 4.43. The van der Waals surface area contributed by atoms with Crippen LogP contribution < -0.4 is 4.31 Å². The summed E-state index contributed by atoms with van der Waals surface area (Å²) in [6, 6.07) is 6.69. The minimum absolute atomic E-state index is 0.0206. The van der Waals surface area contributed by atoms with Crippen LogP contribution in [-0.4, -0.2) is 34.1 Å². The Labute approximate surface area is 164 Å². The second-order valence-corrected chi connectivity index (χ2v) is 15.5. The van der Waals surface area contributed by atoms with Crippen molar-refractivity contribution < 1.29 is 17.7 Å². The van der Waals surface area contributed by atoms with Crippen molar-refractivity contribution in [3.63, 3.8) is 0 Å². The van der Waals surface area contributed by atoms with Gasteiger partial charge in [-0.15, -0.1) is 0 Å². The zero-order valence-corrected chi connectivity index (χ0v) is 19.3. The number of rotatable bonds is 7. The van der Waals surface area contributed by atoms with E-state index in [0.29, 0.717) is 15.8 Å². The predicted octanol–water partition coefficient (Wildman–Crippen LogP) is 4.49. The first-order chi connectivity index (χ1) is 12.0. The van der Waals surface area contributed by atoms with Crippen LogP contribution in [0.15, 0.2) is 38.2 Å². The molecule has 0 radical (unpaired) electrons. The molecule has 0 aliphatic heterocycles. The van der Waals surface area contributed by atoms with Crippen LogP contribution >= 0.6 is 15.9 Å². The van der Waals surface area contributed by atoms with Gasteiger partial charge in [0.15, 0.2) is 5.82 Å². The smallest absolute Gasteiger partial charge is 0.268 e. The van der Waals surface area contributed by atoms with Gasteiger partial charge in [0.2, 0.25) is 0 Å². The molecule has 2 rings (SSSR count). The summed E-state index contributed by atoms with van der Waals surface area (Å²) in [4.78, 5) is 0.157. The molecular weight excluding hydrogens is 436 g/mol. The van der Waals surface area contributed by atoms with E-state index in [9.17, 15) is 8.42 Å². The van der Waals surface area contributed by atoms with Crippen LogP contribution in [0.3, 0.4) is 0 Å². The van der Waals surface area contributed by atoms with Gasteiger partial charge in [0, 0.05) is 15.8 Å². The highest BCUT2D eigenvalue weighted by Crippen LogP contribution is 2.31. The van der Waals surface area contributed by atoms with Crippen LogP contribution in [0, 0.1) is 13.8 Å². The normalized spacial score (nSPS) is 13.7. The zero-order valence-electron chi connectivity index (χ0n) is 15.9. The number of benzene rings is 1. The number of anilines is 1. The highest BCUT2D eigenvalue weighted by atomic mass is 79.9. The van der Waals surface area contributed by atoms with E-state index in [1.54, 1.807) is 38.1 Å². The van der Waals surface area contributed by atoms with Crippen LogP contribution in [0.2, 0.25) is 19.6 Å². The van der Waals surface area contributed by atoms with Gasteiger partial charge in [-0.2, -0.15) is 0 Å². The van der Waals surface area contributed by atoms with Gasteiger partial charge in [0.25, 0.3) is 10.0 Å². The van der Waals surface area contributed by atoms with Crippen molar-refractivity contribution in [2.45, 2.75) is 51.0 Å². The number of aromatic nitrogens is 1. The third kappa shape index (κ3) is 4.38. The van der Waals surface area contributed by atoms with E-state index < -0.39 is 18.1 Å². The van der Waals surface area contributed by atoms with Gasteiger partial charge in [-0.3, -0.25) is 0 Å². The lowest BCUT2D eigenvalue weighted by Crippen LogP contribution is -2.42. The van der Waals surface area contributed by atoms with E-state index in [4.69, 9.17) is 9.26 Å². The number of halogens is 1. The first kappa shape index (κ1) is 21.1. The largest absolute Gasteiger partial charge is 0.360 e. The molecule has 0 saturated heterocycles. The van der Waals surface area contributed by atoms with Crippen LogP contribution in [0.4, 0.5) is 5.82 Å². The molecule has 144 valence electrons. The Balaban J connectivity index is 2.47. The van der Waals surface area contributed by atoms with Gasteiger partial charge < -0.3 is 9.26 Å². The molecule has 1 atom stereocenters. The minimum Gasteiger partial charge on any atom is -0.360 e. The fourth-order valence-corrected chi connectivity index (χ4v) is 4.96. The van der Waals surface area contributed by atoms with Gasteiger partial charge in [-0.25, -0.2) is 12.7 Å². The fourth-order valence-electron chi connectivity index (χ4n) is 2.09. The molecule has 6 nitrogen and oxygen atoms in total. The van der Waals surface area contributed by atoms with Gasteiger partial charge >= 0.3 is 0 Å². The van der Waals surface area contributed by atoms with E-state index in [1.165, 1.54) is 4.31 Å². The standard InChI is InChI=1S/C17H25BrN2O4SSi/c1-12-13(2)24-19-17(12)20(11-23-14(3)26(4,5)6)25(21,22)16-10-8-7-9-15(16)18/h7-10,14H,11H2,1-6H3. The van der Waals surface area contributed by atoms with Gasteiger partial charge in [-0.05, 0) is 48.8 Å². The maximum atomic E-state index is 13.3. The highest BCUT2D eigenvalue weighted by molar-refractivity contribution is 9.10. The van der Waals surface area contributed by atoms with Crippen molar-refractivity contribution in [3.8, 4) is 0 Å². The maximum absolute atomic E-state index is 13.3. The molecule has 0 amide bonds. The third-order valence-corrected chi connectivity index (χ3v) is 9.77. The topological polar surface area (TPSA) is 72.6 Å². The molecule has 26 heavy (non-hydrogen) atoms. The first-order valence-corrected chi connectivity index (χ1v) is 14.1. The Hall–Kier alpha value is -1.16. The van der Waals surface area contributed by atoms with Gasteiger partial charge in [-0.1, -0.05) is 36.9 Å². The Morgan fingerprint density at radius 1 is 1.27 bits per heavy atom. The summed E-state index contributed by atoms with van der Waals surface area (Å²) in [5.74, 6) is 0.826. The van der Waals surface area contributed by atoms with Crippen LogP contribution in [0.1, 0.15) is 18.2 Å². The summed E-state index contributed by atoms with van der Waals surface area (Å²) >= 11 is 3.32. The molecule has 0 fully saturated rings. The lowest BCUT2D eigenvalue weighted by molar-refractivity contribution is 0.119. The average molecular weight is 461 g/mol. The number of nitrogens with zero attached hydrogens (tertiary/aromatic N) is 2. The summed E-state index contributed by atoms with van der Waals surface area (Å²) in [5, 5.41) is 3.97. The van der Waals surface area contributed by atoms with Crippen molar-refractivity contribution >= 4 is 39.8 Å². The van der Waals surface area contributed by atoms with Crippen LogP contribution in [0.25, 0.3) is 0 Å². The Morgan fingerprint density at radius 3 is 2.38 bits per heavy atom. The molecule has 1 unspecified atom stereocenters. The van der Waals surface area contributed by atoms with E-state index >= 15 is 0 Å². The molecule has 1 aromatic heterocycles. The summed E-state index contributed by atoms with van der Waals surface area (Å²) in [5.41, 5.74) is 0.651. The van der Waals surface area contributed by atoms with Crippen molar-refractivity contribution in [1.82, 2.24) is 5.16 Å². The Bertz CT molecular complexity index is 877. The predicted molar refractivity (Wildman–Crippen MR) is 109 cm³/mol. The molecule has 1 heterocycles. The maximum Gasteiger partial charge on any atom is 0.268 e.